The summed E-state index contributed by atoms with van der Waals surface area (Å²) in [4.78, 5) is 28.3. The van der Waals surface area contributed by atoms with E-state index in [1.165, 1.54) is 5.56 Å². The summed E-state index contributed by atoms with van der Waals surface area (Å²) in [5.41, 5.74) is 3.15. The van der Waals surface area contributed by atoms with Crippen molar-refractivity contribution in [1.82, 2.24) is 9.80 Å². The van der Waals surface area contributed by atoms with Gasteiger partial charge in [0.1, 0.15) is 0 Å². The van der Waals surface area contributed by atoms with E-state index in [2.05, 4.69) is 16.3 Å². The zero-order valence-electron chi connectivity index (χ0n) is 14.0. The van der Waals surface area contributed by atoms with Gasteiger partial charge in [-0.15, -0.1) is 0 Å². The van der Waals surface area contributed by atoms with E-state index in [1.807, 2.05) is 30.9 Å². The van der Waals surface area contributed by atoms with Crippen molar-refractivity contribution in [1.29, 1.82) is 0 Å². The quantitative estimate of drug-likeness (QED) is 0.922. The van der Waals surface area contributed by atoms with E-state index in [9.17, 15) is 9.59 Å². The zero-order chi connectivity index (χ0) is 16.4. The van der Waals surface area contributed by atoms with Gasteiger partial charge in [0.05, 0.1) is 6.54 Å². The van der Waals surface area contributed by atoms with Crippen LogP contribution >= 0.6 is 0 Å². The van der Waals surface area contributed by atoms with Crippen LogP contribution in [0.5, 0.6) is 0 Å². The number of nitrogens with one attached hydrogen (secondary N) is 1. The number of hydrogen-bond acceptors (Lipinski definition) is 3. The molecule has 2 fully saturated rings. The van der Waals surface area contributed by atoms with Gasteiger partial charge in [-0.2, -0.15) is 0 Å². The van der Waals surface area contributed by atoms with Gasteiger partial charge in [-0.25, -0.2) is 0 Å². The first kappa shape index (κ1) is 16.0. The maximum atomic E-state index is 12.2. The van der Waals surface area contributed by atoms with Crippen LogP contribution in [0.15, 0.2) is 18.2 Å². The Hall–Kier alpha value is -1.88. The van der Waals surface area contributed by atoms with Crippen molar-refractivity contribution in [3.63, 3.8) is 0 Å². The number of piperazine rings is 1. The first-order chi connectivity index (χ1) is 11.0. The molecule has 5 heteroatoms. The third-order valence-electron chi connectivity index (χ3n) is 4.63. The van der Waals surface area contributed by atoms with E-state index in [4.69, 9.17) is 0 Å². The number of benzene rings is 1. The normalized spacial score (nSPS) is 18.8. The van der Waals surface area contributed by atoms with Crippen LogP contribution < -0.4 is 5.32 Å². The molecule has 1 aromatic rings. The van der Waals surface area contributed by atoms with Gasteiger partial charge < -0.3 is 10.2 Å². The van der Waals surface area contributed by atoms with Gasteiger partial charge in [-0.1, -0.05) is 17.7 Å². The first-order valence-corrected chi connectivity index (χ1v) is 8.41. The van der Waals surface area contributed by atoms with Gasteiger partial charge >= 0.3 is 0 Å². The Morgan fingerprint density at radius 3 is 2.43 bits per heavy atom. The molecule has 0 radical (unpaired) electrons. The lowest BCUT2D eigenvalue weighted by Gasteiger charge is -2.34. The number of carbonyl (C=O) groups is 2. The Bertz CT molecular complexity index is 602. The number of carbonyl (C=O) groups excluding carboxylic acids is 2. The van der Waals surface area contributed by atoms with E-state index in [1.54, 1.807) is 0 Å². The van der Waals surface area contributed by atoms with Crippen molar-refractivity contribution in [3.8, 4) is 0 Å². The summed E-state index contributed by atoms with van der Waals surface area (Å²) in [6.45, 7) is 7.47. The molecule has 5 nitrogen and oxygen atoms in total. The Morgan fingerprint density at radius 2 is 1.83 bits per heavy atom. The maximum Gasteiger partial charge on any atom is 0.238 e. The topological polar surface area (TPSA) is 52.7 Å². The summed E-state index contributed by atoms with van der Waals surface area (Å²) in [7, 11) is 0. The molecule has 3 rings (SSSR count). The molecule has 1 saturated heterocycles. The highest BCUT2D eigenvalue weighted by Crippen LogP contribution is 2.31. The second-order valence-electron chi connectivity index (χ2n) is 6.74. The van der Waals surface area contributed by atoms with Gasteiger partial charge in [0.15, 0.2) is 0 Å². The average Bonchev–Trinajstić information content (AvgIpc) is 3.35. The fraction of sp³-hybridized carbons (Fsp3) is 0.556. The molecular formula is C18H25N3O2. The lowest BCUT2D eigenvalue weighted by molar-refractivity contribution is -0.134. The van der Waals surface area contributed by atoms with Crippen LogP contribution in [0.2, 0.25) is 0 Å². The van der Waals surface area contributed by atoms with Crippen LogP contribution in [0.25, 0.3) is 0 Å². The van der Waals surface area contributed by atoms with E-state index in [-0.39, 0.29) is 11.8 Å². The van der Waals surface area contributed by atoms with Crippen molar-refractivity contribution in [2.24, 2.45) is 5.92 Å². The number of aryl methyl sites for hydroxylation is 2. The summed E-state index contributed by atoms with van der Waals surface area (Å²) in [6.07, 6.45) is 2.11. The van der Waals surface area contributed by atoms with E-state index in [0.717, 1.165) is 50.3 Å². The number of hydrogen-bond donors (Lipinski definition) is 1. The van der Waals surface area contributed by atoms with Crippen LogP contribution in [0.4, 0.5) is 5.69 Å². The summed E-state index contributed by atoms with van der Waals surface area (Å²) in [5.74, 6) is 0.609. The smallest absolute Gasteiger partial charge is 0.238 e. The highest BCUT2D eigenvalue weighted by Gasteiger charge is 2.34. The molecule has 0 unspecified atom stereocenters. The molecule has 1 aliphatic carbocycles. The molecule has 0 spiro atoms. The molecular weight excluding hydrogens is 290 g/mol. The van der Waals surface area contributed by atoms with Gasteiger partial charge in [0.25, 0.3) is 0 Å². The molecule has 124 valence electrons. The second-order valence-corrected chi connectivity index (χ2v) is 6.74. The number of rotatable bonds is 4. The molecule has 2 aliphatic rings. The third-order valence-corrected chi connectivity index (χ3v) is 4.63. The van der Waals surface area contributed by atoms with Crippen LogP contribution in [0.3, 0.4) is 0 Å². The molecule has 0 atom stereocenters. The Labute approximate surface area is 137 Å². The summed E-state index contributed by atoms with van der Waals surface area (Å²) in [5, 5.41) is 2.99. The van der Waals surface area contributed by atoms with E-state index in [0.29, 0.717) is 12.5 Å². The third kappa shape index (κ3) is 4.10. The Morgan fingerprint density at radius 1 is 1.13 bits per heavy atom. The largest absolute Gasteiger partial charge is 0.340 e. The van der Waals surface area contributed by atoms with Crippen molar-refractivity contribution in [2.45, 2.75) is 26.7 Å². The van der Waals surface area contributed by atoms with Crippen LogP contribution in [0, 0.1) is 19.8 Å². The summed E-state index contributed by atoms with van der Waals surface area (Å²) < 4.78 is 0. The molecule has 0 bridgehead atoms. The minimum atomic E-state index is 0.0129. The minimum Gasteiger partial charge on any atom is -0.340 e. The predicted octanol–water partition coefficient (Wildman–Crippen LogP) is 1.80. The lowest BCUT2D eigenvalue weighted by Crippen LogP contribution is -2.50. The maximum absolute atomic E-state index is 12.2. The fourth-order valence-corrected chi connectivity index (χ4v) is 3.06. The van der Waals surface area contributed by atoms with E-state index >= 15 is 0 Å². The van der Waals surface area contributed by atoms with Crippen molar-refractivity contribution >= 4 is 17.5 Å². The number of amides is 2. The van der Waals surface area contributed by atoms with Crippen molar-refractivity contribution in [3.05, 3.63) is 29.3 Å². The van der Waals surface area contributed by atoms with Crippen molar-refractivity contribution < 1.29 is 9.59 Å². The molecule has 23 heavy (non-hydrogen) atoms. The molecule has 0 aromatic heterocycles. The standard InChI is InChI=1S/C18H25N3O2/c1-13-3-6-16(14(2)11-13)19-17(22)12-20-7-9-21(10-8-20)18(23)15-4-5-15/h3,6,11,15H,4-5,7-10,12H2,1-2H3,(H,19,22). The molecule has 1 aliphatic heterocycles. The van der Waals surface area contributed by atoms with Crippen molar-refractivity contribution in [2.75, 3.05) is 38.0 Å². The molecule has 1 aromatic carbocycles. The molecule has 1 N–H and O–H groups in total. The van der Waals surface area contributed by atoms with Gasteiger partial charge in [-0.3, -0.25) is 14.5 Å². The monoisotopic (exact) mass is 315 g/mol. The van der Waals surface area contributed by atoms with Crippen LogP contribution in [0.1, 0.15) is 24.0 Å². The van der Waals surface area contributed by atoms with Gasteiger partial charge in [0.2, 0.25) is 11.8 Å². The molecule has 1 heterocycles. The predicted molar refractivity (Wildman–Crippen MR) is 90.3 cm³/mol. The second kappa shape index (κ2) is 6.71. The highest BCUT2D eigenvalue weighted by molar-refractivity contribution is 5.93. The lowest BCUT2D eigenvalue weighted by atomic mass is 10.1. The minimum absolute atomic E-state index is 0.0129. The fourth-order valence-electron chi connectivity index (χ4n) is 3.06. The first-order valence-electron chi connectivity index (χ1n) is 8.41. The highest BCUT2D eigenvalue weighted by atomic mass is 16.2. The zero-order valence-corrected chi connectivity index (χ0v) is 14.0. The van der Waals surface area contributed by atoms with Gasteiger partial charge in [-0.05, 0) is 38.3 Å². The number of nitrogens with zero attached hydrogens (tertiary/aromatic N) is 2. The molecule has 1 saturated carbocycles. The van der Waals surface area contributed by atoms with Gasteiger partial charge in [0, 0.05) is 37.8 Å². The average molecular weight is 315 g/mol. The van der Waals surface area contributed by atoms with Crippen LogP contribution in [-0.2, 0) is 9.59 Å². The van der Waals surface area contributed by atoms with Crippen LogP contribution in [-0.4, -0.2) is 54.3 Å². The Kier molecular flexibility index (Phi) is 4.66. The summed E-state index contributed by atoms with van der Waals surface area (Å²) in [6, 6.07) is 6.03. The Balaban J connectivity index is 1.46. The molecule has 2 amide bonds. The SMILES string of the molecule is Cc1ccc(NC(=O)CN2CCN(C(=O)C3CC3)CC2)c(C)c1. The summed E-state index contributed by atoms with van der Waals surface area (Å²) >= 11 is 0. The number of anilines is 1. The van der Waals surface area contributed by atoms with E-state index < -0.39 is 0 Å².